The zero-order valence-corrected chi connectivity index (χ0v) is 43.3. The van der Waals surface area contributed by atoms with E-state index in [1.807, 2.05) is 48.7 Å². The molecule has 0 saturated carbocycles. The largest absolute Gasteiger partial charge is 0.510 e. The van der Waals surface area contributed by atoms with E-state index >= 15 is 0 Å². The number of hydrogen-bond acceptors (Lipinski definition) is 5. The number of benzene rings is 9. The van der Waals surface area contributed by atoms with E-state index in [2.05, 4.69) is 210 Å². The van der Waals surface area contributed by atoms with E-state index in [1.54, 1.807) is 10.6 Å². The first-order chi connectivity index (χ1) is 37.5. The molecule has 3 aliphatic rings. The summed E-state index contributed by atoms with van der Waals surface area (Å²) in [5.74, 6) is 1.67. The summed E-state index contributed by atoms with van der Waals surface area (Å²) in [6.45, 7) is 4.13. The van der Waals surface area contributed by atoms with Gasteiger partial charge in [-0.3, -0.25) is 0 Å². The van der Waals surface area contributed by atoms with Crippen molar-refractivity contribution >= 4 is 107 Å². The van der Waals surface area contributed by atoms with Crippen LogP contribution in [0.25, 0.3) is 44.3 Å². The third kappa shape index (κ3) is 6.73. The predicted molar refractivity (Wildman–Crippen MR) is 301 cm³/mol. The summed E-state index contributed by atoms with van der Waals surface area (Å²) in [4.78, 5) is 12.6. The molecule has 10 heteroatoms. The van der Waals surface area contributed by atoms with Gasteiger partial charge >= 0.3 is 0 Å². The van der Waals surface area contributed by atoms with E-state index in [0.29, 0.717) is 28.2 Å². The molecule has 75 heavy (non-hydrogen) atoms. The van der Waals surface area contributed by atoms with Crippen LogP contribution in [0.1, 0.15) is 30.4 Å². The maximum Gasteiger partial charge on any atom is 0.257 e. The number of aromatic nitrogens is 4. The van der Waals surface area contributed by atoms with Crippen molar-refractivity contribution < 1.29 is 34.5 Å². The van der Waals surface area contributed by atoms with Crippen LogP contribution in [0.15, 0.2) is 206 Å². The molecule has 6 heterocycles. The number of aryl methyl sites for hydroxylation is 1. The SMILES string of the molecule is [2H]C([2H])([2H])[n+]1[c-]n(-c2[c-]c(Oc3[c-]c4c(cc3)c3c5c6c(cc3n4-c3cc(C(C)(C)C)ccn3)N(c3ccccc3)c3cccc4c3B6c3c(cccc3N5c3ccccc3)N4c3ccccc3)ccc2)c2ccccc21.[Pt]. The Labute approximate surface area is 454 Å². The Bertz CT molecular complexity index is 4370. The van der Waals surface area contributed by atoms with Gasteiger partial charge in [-0.2, -0.15) is 18.2 Å². The number of nitrogens with zero attached hydrogens (tertiary/aromatic N) is 7. The molecule has 362 valence electrons. The quantitative estimate of drug-likeness (QED) is 0.0904. The van der Waals surface area contributed by atoms with Gasteiger partial charge in [0.2, 0.25) is 6.33 Å². The van der Waals surface area contributed by atoms with Crippen molar-refractivity contribution in [2.75, 3.05) is 14.7 Å². The Kier molecular flexibility index (Phi) is 9.45. The van der Waals surface area contributed by atoms with E-state index in [-0.39, 0.29) is 33.2 Å². The molecule has 0 N–H and O–H groups in total. The molecular formula is C65H46BN7OPt-2. The second-order valence-corrected chi connectivity index (χ2v) is 20.3. The molecule has 0 amide bonds. The number of para-hydroxylation sites is 5. The van der Waals surface area contributed by atoms with Crippen LogP contribution < -0.4 is 40.4 Å². The average molecular weight is 1150 g/mol. The van der Waals surface area contributed by atoms with Gasteiger partial charge in [0.05, 0.1) is 22.1 Å². The van der Waals surface area contributed by atoms with Crippen LogP contribution >= 0.6 is 0 Å². The Balaban J connectivity index is 0.00000552. The summed E-state index contributed by atoms with van der Waals surface area (Å²) in [6.07, 6.45) is 4.99. The predicted octanol–water partition coefficient (Wildman–Crippen LogP) is 13.3. The van der Waals surface area contributed by atoms with E-state index in [4.69, 9.17) is 13.8 Å². The van der Waals surface area contributed by atoms with Crippen LogP contribution in [0.4, 0.5) is 51.2 Å². The third-order valence-electron chi connectivity index (χ3n) is 15.0. The fourth-order valence-electron chi connectivity index (χ4n) is 11.9. The second-order valence-electron chi connectivity index (χ2n) is 20.3. The van der Waals surface area contributed by atoms with E-state index < -0.39 is 6.98 Å². The molecule has 0 radical (unpaired) electrons. The molecule has 15 rings (SSSR count). The molecule has 0 spiro atoms. The molecule has 8 nitrogen and oxygen atoms in total. The topological polar surface area (TPSA) is 45.6 Å². The van der Waals surface area contributed by atoms with Crippen LogP contribution in [-0.2, 0) is 33.5 Å². The smallest absolute Gasteiger partial charge is 0.257 e. The van der Waals surface area contributed by atoms with Gasteiger partial charge in [-0.15, -0.1) is 24.3 Å². The van der Waals surface area contributed by atoms with Crippen LogP contribution in [0.5, 0.6) is 11.5 Å². The Morgan fingerprint density at radius 3 is 1.80 bits per heavy atom. The van der Waals surface area contributed by atoms with Gasteiger partial charge in [-0.1, -0.05) is 128 Å². The zero-order valence-electron chi connectivity index (χ0n) is 44.1. The van der Waals surface area contributed by atoms with Crippen molar-refractivity contribution in [1.82, 2.24) is 14.1 Å². The molecule has 12 aromatic rings. The van der Waals surface area contributed by atoms with Crippen LogP contribution in [0.2, 0.25) is 0 Å². The molecule has 0 bridgehead atoms. The van der Waals surface area contributed by atoms with Crippen molar-refractivity contribution in [3.63, 3.8) is 0 Å². The molecule has 0 saturated heterocycles. The number of anilines is 9. The molecule has 0 atom stereocenters. The third-order valence-corrected chi connectivity index (χ3v) is 15.0. The van der Waals surface area contributed by atoms with Crippen molar-refractivity contribution in [1.29, 1.82) is 0 Å². The Morgan fingerprint density at radius 1 is 0.560 bits per heavy atom. The minimum Gasteiger partial charge on any atom is -0.510 e. The Morgan fingerprint density at radius 2 is 1.15 bits per heavy atom. The monoisotopic (exact) mass is 1150 g/mol. The van der Waals surface area contributed by atoms with Crippen molar-refractivity contribution in [2.24, 2.45) is 6.98 Å². The minimum absolute atomic E-state index is 0. The number of imidazole rings is 1. The molecule has 3 aliphatic heterocycles. The molecule has 0 aliphatic carbocycles. The average Bonchev–Trinajstić information content (AvgIpc) is 3.82. The number of hydrogen-bond donors (Lipinski definition) is 0. The minimum atomic E-state index is -2.43. The van der Waals surface area contributed by atoms with Crippen molar-refractivity contribution in [3.8, 4) is 23.0 Å². The number of ether oxygens (including phenoxy) is 1. The van der Waals surface area contributed by atoms with E-state index in [0.717, 1.165) is 84.4 Å². The van der Waals surface area contributed by atoms with Gasteiger partial charge in [0.15, 0.2) is 0 Å². The summed E-state index contributed by atoms with van der Waals surface area (Å²) in [5.41, 5.74) is 18.2. The standard InChI is InChI=1S/C65H46BN7O.Pt/c1-65(2,3)42-35-36-67-59(37-42)73-56-39-48(74-47-26-16-25-46(38-47)69-41-68(4)50-27-14-15-28-51(50)69)33-34-49(56)60-57(73)40-58-63-64(60)72(45-23-12-7-13-24-45)55-32-18-30-53-62(55)66(63)61-52(70(53)43-19-8-5-9-20-43)29-17-31-54(61)71(58)44-21-10-6-11-22-44;/h5-37,40H,1-4H3;/q-2;/i4D3;. The first kappa shape index (κ1) is 41.8. The van der Waals surface area contributed by atoms with Gasteiger partial charge in [0, 0.05) is 95.5 Å². The summed E-state index contributed by atoms with van der Waals surface area (Å²) in [6, 6.07) is 76.8. The van der Waals surface area contributed by atoms with Gasteiger partial charge in [-0.05, 0) is 112 Å². The van der Waals surface area contributed by atoms with Gasteiger partial charge < -0.3 is 33.1 Å². The zero-order chi connectivity index (χ0) is 51.9. The van der Waals surface area contributed by atoms with Gasteiger partial charge in [0.1, 0.15) is 5.82 Å². The normalized spacial score (nSPS) is 13.9. The molecular weight excluding hydrogens is 1100 g/mol. The number of fused-ring (bicyclic) bond motifs is 5. The fourth-order valence-corrected chi connectivity index (χ4v) is 11.9. The van der Waals surface area contributed by atoms with Crippen LogP contribution in [-0.4, -0.2) is 20.8 Å². The second kappa shape index (κ2) is 17.0. The molecule has 0 unspecified atom stereocenters. The molecule has 9 aromatic carbocycles. The van der Waals surface area contributed by atoms with Crippen LogP contribution in [0, 0.1) is 18.5 Å². The van der Waals surface area contributed by atoms with Crippen LogP contribution in [0.3, 0.4) is 0 Å². The first-order valence-electron chi connectivity index (χ1n) is 26.5. The summed E-state index contributed by atoms with van der Waals surface area (Å²) in [5, 5.41) is 2.05. The van der Waals surface area contributed by atoms with Gasteiger partial charge in [0.25, 0.3) is 6.71 Å². The summed E-state index contributed by atoms with van der Waals surface area (Å²) >= 11 is 0. The first-order valence-corrected chi connectivity index (χ1v) is 25.0. The summed E-state index contributed by atoms with van der Waals surface area (Å²) in [7, 11) is 0. The summed E-state index contributed by atoms with van der Waals surface area (Å²) < 4.78 is 36.7. The van der Waals surface area contributed by atoms with Crippen molar-refractivity contribution in [3.05, 3.63) is 230 Å². The van der Waals surface area contributed by atoms with Crippen molar-refractivity contribution in [2.45, 2.75) is 26.2 Å². The Hall–Kier alpha value is -8.65. The fraction of sp³-hybridized carbons (Fsp3) is 0.0769. The van der Waals surface area contributed by atoms with E-state index in [9.17, 15) is 0 Å². The van der Waals surface area contributed by atoms with Gasteiger partial charge in [-0.25, -0.2) is 4.98 Å². The maximum absolute atomic E-state index is 8.25. The maximum atomic E-state index is 8.25. The number of rotatable bonds is 7. The molecule has 0 fully saturated rings. The van der Waals surface area contributed by atoms with E-state index in [1.165, 1.54) is 21.0 Å². The number of pyridine rings is 1. The molecule has 3 aromatic heterocycles.